The number of hydrogen-bond acceptors (Lipinski definition) is 1. The maximum Gasteiger partial charge on any atom is 0.00953 e. The summed E-state index contributed by atoms with van der Waals surface area (Å²) < 4.78 is 0. The van der Waals surface area contributed by atoms with Crippen molar-refractivity contribution >= 4 is 0 Å². The van der Waals surface area contributed by atoms with Crippen LogP contribution < -0.4 is 5.32 Å². The summed E-state index contributed by atoms with van der Waals surface area (Å²) in [6, 6.07) is 0.823. The zero-order valence-corrected chi connectivity index (χ0v) is 9.05. The molecule has 0 aromatic carbocycles. The van der Waals surface area contributed by atoms with Crippen molar-refractivity contribution in [1.29, 1.82) is 0 Å². The Morgan fingerprint density at radius 1 is 1.08 bits per heavy atom. The molecule has 0 heterocycles. The van der Waals surface area contributed by atoms with E-state index in [1.807, 2.05) is 0 Å². The molecular weight excluding hydrogens is 158 g/mol. The Balaban J connectivity index is 1.75. The predicted octanol–water partition coefficient (Wildman–Crippen LogP) is 2.81. The van der Waals surface area contributed by atoms with E-state index in [2.05, 4.69) is 19.2 Å². The van der Waals surface area contributed by atoms with Gasteiger partial charge < -0.3 is 5.32 Å². The molecule has 2 aliphatic carbocycles. The van der Waals surface area contributed by atoms with Gasteiger partial charge in [0.25, 0.3) is 0 Å². The Labute approximate surface area is 82.3 Å². The number of nitrogens with one attached hydrogen (secondary N) is 1. The lowest BCUT2D eigenvalue weighted by Crippen LogP contribution is -2.41. The lowest BCUT2D eigenvalue weighted by Gasteiger charge is -2.34. The molecule has 0 amide bonds. The molecule has 76 valence electrons. The number of rotatable bonds is 3. The maximum absolute atomic E-state index is 3.76. The minimum absolute atomic E-state index is 0.823. The minimum Gasteiger partial charge on any atom is -0.313 e. The van der Waals surface area contributed by atoms with Crippen molar-refractivity contribution in [2.45, 2.75) is 52.0 Å². The highest BCUT2D eigenvalue weighted by atomic mass is 14.9. The van der Waals surface area contributed by atoms with Crippen LogP contribution in [0.3, 0.4) is 0 Å². The van der Waals surface area contributed by atoms with E-state index in [1.165, 1.54) is 38.6 Å². The van der Waals surface area contributed by atoms with Gasteiger partial charge in [0.05, 0.1) is 0 Å². The van der Waals surface area contributed by atoms with Gasteiger partial charge in [-0.25, -0.2) is 0 Å². The first-order valence-electron chi connectivity index (χ1n) is 6.00. The first-order valence-corrected chi connectivity index (χ1v) is 6.00. The quantitative estimate of drug-likeness (QED) is 0.706. The van der Waals surface area contributed by atoms with Crippen molar-refractivity contribution in [3.8, 4) is 0 Å². The summed E-state index contributed by atoms with van der Waals surface area (Å²) in [5.74, 6) is 2.86. The van der Waals surface area contributed by atoms with Gasteiger partial charge >= 0.3 is 0 Å². The second-order valence-electron chi connectivity index (χ2n) is 5.23. The monoisotopic (exact) mass is 181 g/mol. The van der Waals surface area contributed by atoms with Gasteiger partial charge in [0.2, 0.25) is 0 Å². The molecule has 2 fully saturated rings. The van der Waals surface area contributed by atoms with Crippen LogP contribution in [0, 0.1) is 17.8 Å². The smallest absolute Gasteiger partial charge is 0.00953 e. The summed E-state index contributed by atoms with van der Waals surface area (Å²) in [5, 5.41) is 3.76. The van der Waals surface area contributed by atoms with Gasteiger partial charge in [0.1, 0.15) is 0 Å². The summed E-state index contributed by atoms with van der Waals surface area (Å²) in [6.45, 7) is 6.13. The van der Waals surface area contributed by atoms with Gasteiger partial charge in [0, 0.05) is 6.04 Å². The van der Waals surface area contributed by atoms with Crippen LogP contribution >= 0.6 is 0 Å². The van der Waals surface area contributed by atoms with Crippen LogP contribution in [0.1, 0.15) is 46.0 Å². The van der Waals surface area contributed by atoms with Crippen LogP contribution in [0.4, 0.5) is 0 Å². The Kier molecular flexibility index (Phi) is 2.92. The fraction of sp³-hybridized carbons (Fsp3) is 1.00. The Hall–Kier alpha value is -0.0400. The zero-order chi connectivity index (χ0) is 9.26. The summed E-state index contributed by atoms with van der Waals surface area (Å²) in [5.41, 5.74) is 0. The van der Waals surface area contributed by atoms with Gasteiger partial charge in [-0.3, -0.25) is 0 Å². The second-order valence-corrected chi connectivity index (χ2v) is 5.23. The molecule has 0 aromatic heterocycles. The molecule has 0 saturated heterocycles. The second kappa shape index (κ2) is 4.00. The van der Waals surface area contributed by atoms with Crippen molar-refractivity contribution in [3.63, 3.8) is 0 Å². The molecule has 2 aliphatic rings. The number of hydrogen-bond donors (Lipinski definition) is 1. The van der Waals surface area contributed by atoms with Crippen molar-refractivity contribution < 1.29 is 0 Å². The van der Waals surface area contributed by atoms with E-state index in [9.17, 15) is 0 Å². The van der Waals surface area contributed by atoms with Crippen LogP contribution in [-0.2, 0) is 0 Å². The SMILES string of the molecule is C[C@@H]1[C@H](C)CCC[C@H]1NCC1CC1. The van der Waals surface area contributed by atoms with Gasteiger partial charge in [0.15, 0.2) is 0 Å². The van der Waals surface area contributed by atoms with Gasteiger partial charge in [-0.1, -0.05) is 26.7 Å². The molecule has 2 rings (SSSR count). The minimum atomic E-state index is 0.823. The fourth-order valence-electron chi connectivity index (χ4n) is 2.51. The third-order valence-electron chi connectivity index (χ3n) is 4.07. The third kappa shape index (κ3) is 2.46. The molecule has 1 N–H and O–H groups in total. The van der Waals surface area contributed by atoms with E-state index in [-0.39, 0.29) is 0 Å². The van der Waals surface area contributed by atoms with Gasteiger partial charge in [-0.2, -0.15) is 0 Å². The lowest BCUT2D eigenvalue weighted by molar-refractivity contribution is 0.206. The van der Waals surface area contributed by atoms with Crippen LogP contribution in [0.5, 0.6) is 0 Å². The average Bonchev–Trinajstić information content (AvgIpc) is 2.91. The Bertz CT molecular complexity index is 163. The van der Waals surface area contributed by atoms with E-state index >= 15 is 0 Å². The first-order chi connectivity index (χ1) is 6.27. The van der Waals surface area contributed by atoms with Crippen molar-refractivity contribution in [2.75, 3.05) is 6.54 Å². The molecule has 1 heteroatoms. The molecule has 0 unspecified atom stereocenters. The molecule has 0 spiro atoms. The molecule has 0 aliphatic heterocycles. The Morgan fingerprint density at radius 3 is 2.54 bits per heavy atom. The van der Waals surface area contributed by atoms with Crippen LogP contribution in [-0.4, -0.2) is 12.6 Å². The molecule has 1 nitrogen and oxygen atoms in total. The molecule has 3 atom stereocenters. The average molecular weight is 181 g/mol. The first kappa shape index (κ1) is 9.51. The van der Waals surface area contributed by atoms with E-state index < -0.39 is 0 Å². The van der Waals surface area contributed by atoms with E-state index in [0.717, 1.165) is 23.8 Å². The van der Waals surface area contributed by atoms with Crippen molar-refractivity contribution in [1.82, 2.24) is 5.32 Å². The highest BCUT2D eigenvalue weighted by Crippen LogP contribution is 2.32. The molecule has 0 radical (unpaired) electrons. The Morgan fingerprint density at radius 2 is 1.85 bits per heavy atom. The molecule has 13 heavy (non-hydrogen) atoms. The van der Waals surface area contributed by atoms with Gasteiger partial charge in [-0.05, 0) is 43.6 Å². The molecular formula is C12H23N. The standard InChI is InChI=1S/C12H23N/c1-9-4-3-5-12(10(9)2)13-8-11-6-7-11/h9-13H,3-8H2,1-2H3/t9-,10-,12-/m1/s1. The van der Waals surface area contributed by atoms with Crippen LogP contribution in [0.25, 0.3) is 0 Å². The third-order valence-corrected chi connectivity index (χ3v) is 4.07. The molecule has 0 bridgehead atoms. The van der Waals surface area contributed by atoms with E-state index in [0.29, 0.717) is 0 Å². The maximum atomic E-state index is 3.76. The highest BCUT2D eigenvalue weighted by Gasteiger charge is 2.28. The van der Waals surface area contributed by atoms with Crippen molar-refractivity contribution in [2.24, 2.45) is 17.8 Å². The topological polar surface area (TPSA) is 12.0 Å². The van der Waals surface area contributed by atoms with E-state index in [4.69, 9.17) is 0 Å². The highest BCUT2D eigenvalue weighted by molar-refractivity contribution is 4.84. The largest absolute Gasteiger partial charge is 0.313 e. The zero-order valence-electron chi connectivity index (χ0n) is 9.05. The summed E-state index contributed by atoms with van der Waals surface area (Å²) >= 11 is 0. The summed E-state index contributed by atoms with van der Waals surface area (Å²) in [6.07, 6.45) is 7.25. The van der Waals surface area contributed by atoms with Crippen LogP contribution in [0.2, 0.25) is 0 Å². The normalized spacial score (nSPS) is 40.6. The molecule has 0 aromatic rings. The van der Waals surface area contributed by atoms with Gasteiger partial charge in [-0.15, -0.1) is 0 Å². The summed E-state index contributed by atoms with van der Waals surface area (Å²) in [7, 11) is 0. The van der Waals surface area contributed by atoms with E-state index in [1.54, 1.807) is 0 Å². The van der Waals surface area contributed by atoms with Crippen LogP contribution in [0.15, 0.2) is 0 Å². The fourth-order valence-corrected chi connectivity index (χ4v) is 2.51. The predicted molar refractivity (Wildman–Crippen MR) is 56.7 cm³/mol. The lowest BCUT2D eigenvalue weighted by atomic mass is 9.78. The summed E-state index contributed by atoms with van der Waals surface area (Å²) in [4.78, 5) is 0. The van der Waals surface area contributed by atoms with Crippen molar-refractivity contribution in [3.05, 3.63) is 0 Å². The molecule has 2 saturated carbocycles.